The summed E-state index contributed by atoms with van der Waals surface area (Å²) in [4.78, 5) is 12.8. The van der Waals surface area contributed by atoms with Gasteiger partial charge in [0.2, 0.25) is 15.9 Å². The lowest BCUT2D eigenvalue weighted by molar-refractivity contribution is -0.120. The number of carbonyl (C=O) groups excluding carboxylic acids is 1. The first kappa shape index (κ1) is 21.4. The lowest BCUT2D eigenvalue weighted by Gasteiger charge is -2.24. The summed E-state index contributed by atoms with van der Waals surface area (Å²) in [5.41, 5.74) is 6.66. The molecule has 6 nitrogen and oxygen atoms in total. The zero-order chi connectivity index (χ0) is 18.9. The lowest BCUT2D eigenvalue weighted by atomic mass is 9.92. The van der Waals surface area contributed by atoms with E-state index in [-0.39, 0.29) is 23.3 Å². The molecule has 3 rings (SSSR count). The molecule has 1 atom stereocenters. The number of sulfonamides is 1. The molecule has 1 saturated carbocycles. The van der Waals surface area contributed by atoms with Crippen LogP contribution in [-0.4, -0.2) is 20.4 Å². The summed E-state index contributed by atoms with van der Waals surface area (Å²) in [5.74, 6) is -0.411. The Labute approximate surface area is 166 Å². The normalized spacial score (nSPS) is 16.1. The molecule has 2 aromatic rings. The zero-order valence-corrected chi connectivity index (χ0v) is 16.9. The summed E-state index contributed by atoms with van der Waals surface area (Å²) in [5, 5.41) is 2.73. The average Bonchev–Trinajstić information content (AvgIpc) is 3.40. The molecule has 1 fully saturated rings. The first-order valence-electron chi connectivity index (χ1n) is 8.49. The van der Waals surface area contributed by atoms with E-state index in [9.17, 15) is 13.2 Å². The quantitative estimate of drug-likeness (QED) is 0.682. The smallest absolute Gasteiger partial charge is 0.248 e. The van der Waals surface area contributed by atoms with Crippen LogP contribution in [-0.2, 0) is 20.4 Å². The molecule has 0 spiro atoms. The largest absolute Gasteiger partial charge is 0.324 e. The molecule has 27 heavy (non-hydrogen) atoms. The molecule has 1 amide bonds. The van der Waals surface area contributed by atoms with Crippen LogP contribution >= 0.6 is 12.4 Å². The second-order valence-electron chi connectivity index (χ2n) is 6.90. The summed E-state index contributed by atoms with van der Waals surface area (Å²) in [7, 11) is -3.61. The van der Waals surface area contributed by atoms with Crippen LogP contribution < -0.4 is 15.8 Å². The minimum Gasteiger partial charge on any atom is -0.324 e. The van der Waals surface area contributed by atoms with E-state index in [2.05, 4.69) is 10.0 Å². The number of nitrogens with two attached hydrogens (primary N) is 1. The van der Waals surface area contributed by atoms with Crippen molar-refractivity contribution in [1.29, 1.82) is 0 Å². The number of carbonyl (C=O) groups is 1. The van der Waals surface area contributed by atoms with Gasteiger partial charge in [0, 0.05) is 11.7 Å². The zero-order valence-electron chi connectivity index (χ0n) is 15.2. The lowest BCUT2D eigenvalue weighted by Crippen LogP contribution is -2.45. The molecule has 8 heteroatoms. The Hall–Kier alpha value is -1.93. The standard InChI is InChI=1S/C19H23N3O3S.ClH/c1-13-8-9-16(12-17(13)26(24,25)22-15-10-11-15)21-18(23)19(2,20)14-6-4-3-5-7-14;/h3-9,12,15,22H,10-11,20H2,1-2H3,(H,21,23);1H. The summed E-state index contributed by atoms with van der Waals surface area (Å²) < 4.78 is 27.7. The van der Waals surface area contributed by atoms with Gasteiger partial charge >= 0.3 is 0 Å². The van der Waals surface area contributed by atoms with E-state index in [1.807, 2.05) is 18.2 Å². The van der Waals surface area contributed by atoms with Crippen molar-refractivity contribution in [3.05, 3.63) is 59.7 Å². The maximum absolute atomic E-state index is 12.7. The third kappa shape index (κ3) is 4.87. The van der Waals surface area contributed by atoms with Crippen LogP contribution in [0.5, 0.6) is 0 Å². The van der Waals surface area contributed by atoms with Crippen molar-refractivity contribution in [3.63, 3.8) is 0 Å². The van der Waals surface area contributed by atoms with Crippen molar-refractivity contribution in [1.82, 2.24) is 4.72 Å². The van der Waals surface area contributed by atoms with Crippen LogP contribution in [0.15, 0.2) is 53.4 Å². The Bertz CT molecular complexity index is 926. The van der Waals surface area contributed by atoms with E-state index >= 15 is 0 Å². The van der Waals surface area contributed by atoms with Gasteiger partial charge in [-0.15, -0.1) is 12.4 Å². The molecule has 0 heterocycles. The number of hydrogen-bond acceptors (Lipinski definition) is 4. The molecule has 0 radical (unpaired) electrons. The molecule has 1 unspecified atom stereocenters. The van der Waals surface area contributed by atoms with Crippen LogP contribution in [0.3, 0.4) is 0 Å². The van der Waals surface area contributed by atoms with E-state index in [0.29, 0.717) is 16.8 Å². The molecule has 4 N–H and O–H groups in total. The highest BCUT2D eigenvalue weighted by molar-refractivity contribution is 7.89. The van der Waals surface area contributed by atoms with E-state index in [1.54, 1.807) is 38.1 Å². The van der Waals surface area contributed by atoms with Gasteiger partial charge in [0.05, 0.1) is 4.90 Å². The highest BCUT2D eigenvalue weighted by atomic mass is 35.5. The maximum atomic E-state index is 12.7. The fraction of sp³-hybridized carbons (Fsp3) is 0.316. The SMILES string of the molecule is Cc1ccc(NC(=O)C(C)(N)c2ccccc2)cc1S(=O)(=O)NC1CC1.Cl. The van der Waals surface area contributed by atoms with Crippen molar-refractivity contribution < 1.29 is 13.2 Å². The first-order valence-corrected chi connectivity index (χ1v) is 9.97. The van der Waals surface area contributed by atoms with Crippen LogP contribution in [0.4, 0.5) is 5.69 Å². The Morgan fingerprint density at radius 2 is 1.78 bits per heavy atom. The third-order valence-electron chi connectivity index (χ3n) is 4.48. The fourth-order valence-corrected chi connectivity index (χ4v) is 4.20. The number of aryl methyl sites for hydroxylation is 1. The van der Waals surface area contributed by atoms with Gasteiger partial charge in [-0.2, -0.15) is 0 Å². The van der Waals surface area contributed by atoms with Crippen molar-refractivity contribution in [2.75, 3.05) is 5.32 Å². The third-order valence-corrected chi connectivity index (χ3v) is 6.14. The fourth-order valence-electron chi connectivity index (χ4n) is 2.63. The second kappa shape index (κ2) is 7.98. The number of nitrogens with one attached hydrogen (secondary N) is 2. The number of rotatable bonds is 6. The molecule has 146 valence electrons. The number of halogens is 1. The Balaban J connectivity index is 0.00000261. The van der Waals surface area contributed by atoms with Gasteiger partial charge in [-0.05, 0) is 49.9 Å². The molecule has 1 aliphatic carbocycles. The van der Waals surface area contributed by atoms with E-state index in [4.69, 9.17) is 5.73 Å². The van der Waals surface area contributed by atoms with E-state index in [0.717, 1.165) is 12.8 Å². The summed E-state index contributed by atoms with van der Waals surface area (Å²) >= 11 is 0. The van der Waals surface area contributed by atoms with Crippen LogP contribution in [0.2, 0.25) is 0 Å². The topological polar surface area (TPSA) is 101 Å². The van der Waals surface area contributed by atoms with Gasteiger partial charge in [-0.25, -0.2) is 13.1 Å². The van der Waals surface area contributed by atoms with Crippen LogP contribution in [0, 0.1) is 6.92 Å². The van der Waals surface area contributed by atoms with Gasteiger partial charge in [0.1, 0.15) is 5.54 Å². The predicted molar refractivity (Wildman–Crippen MR) is 108 cm³/mol. The number of anilines is 1. The molecule has 1 aliphatic rings. The summed E-state index contributed by atoms with van der Waals surface area (Å²) in [6.07, 6.45) is 1.72. The number of hydrogen-bond donors (Lipinski definition) is 3. The summed E-state index contributed by atoms with van der Waals surface area (Å²) in [6, 6.07) is 13.9. The minimum absolute atomic E-state index is 0. The van der Waals surface area contributed by atoms with Crippen LogP contribution in [0.1, 0.15) is 30.9 Å². The van der Waals surface area contributed by atoms with Crippen molar-refractivity contribution in [3.8, 4) is 0 Å². The Morgan fingerprint density at radius 3 is 2.37 bits per heavy atom. The van der Waals surface area contributed by atoms with Crippen LogP contribution in [0.25, 0.3) is 0 Å². The molecule has 0 aromatic heterocycles. The van der Waals surface area contributed by atoms with Gasteiger partial charge < -0.3 is 11.1 Å². The molecule has 2 aromatic carbocycles. The van der Waals surface area contributed by atoms with Gasteiger partial charge in [-0.1, -0.05) is 36.4 Å². The molecule has 0 bridgehead atoms. The molecule has 0 aliphatic heterocycles. The van der Waals surface area contributed by atoms with Crippen molar-refractivity contribution >= 4 is 34.0 Å². The molecule has 0 saturated heterocycles. The van der Waals surface area contributed by atoms with Crippen molar-refractivity contribution in [2.45, 2.75) is 43.2 Å². The van der Waals surface area contributed by atoms with Gasteiger partial charge in [0.25, 0.3) is 0 Å². The second-order valence-corrected chi connectivity index (χ2v) is 8.58. The molecular weight excluding hydrogens is 386 g/mol. The number of benzene rings is 2. The van der Waals surface area contributed by atoms with Gasteiger partial charge in [0.15, 0.2) is 0 Å². The highest BCUT2D eigenvalue weighted by Crippen LogP contribution is 2.26. The molecular formula is C19H24ClN3O3S. The average molecular weight is 410 g/mol. The van der Waals surface area contributed by atoms with Gasteiger partial charge in [-0.3, -0.25) is 4.79 Å². The number of amides is 1. The Kier molecular flexibility index (Phi) is 6.32. The predicted octanol–water partition coefficient (Wildman–Crippen LogP) is 2.67. The maximum Gasteiger partial charge on any atom is 0.248 e. The Morgan fingerprint density at radius 1 is 1.15 bits per heavy atom. The van der Waals surface area contributed by atoms with E-state index < -0.39 is 21.5 Å². The van der Waals surface area contributed by atoms with E-state index in [1.165, 1.54) is 6.07 Å². The monoisotopic (exact) mass is 409 g/mol. The first-order chi connectivity index (χ1) is 12.2. The van der Waals surface area contributed by atoms with Crippen molar-refractivity contribution in [2.24, 2.45) is 5.73 Å². The summed E-state index contributed by atoms with van der Waals surface area (Å²) in [6.45, 7) is 3.35. The highest BCUT2D eigenvalue weighted by Gasteiger charge is 2.31. The minimum atomic E-state index is -3.61.